The van der Waals surface area contributed by atoms with Gasteiger partial charge in [0, 0.05) is 11.8 Å². The van der Waals surface area contributed by atoms with Crippen LogP contribution in [0, 0.1) is 5.82 Å². The van der Waals surface area contributed by atoms with Crippen molar-refractivity contribution in [1.82, 2.24) is 4.98 Å². The quantitative estimate of drug-likeness (QED) is 0.886. The molecule has 0 bridgehead atoms. The molecule has 0 atom stereocenters. The van der Waals surface area contributed by atoms with Gasteiger partial charge in [0.25, 0.3) is 0 Å². The lowest BCUT2D eigenvalue weighted by molar-refractivity contribution is 0.280. The van der Waals surface area contributed by atoms with Gasteiger partial charge in [-0.2, -0.15) is 0 Å². The topological polar surface area (TPSA) is 42.4 Å². The van der Waals surface area contributed by atoms with Crippen molar-refractivity contribution in [2.45, 2.75) is 26.4 Å². The number of pyridine rings is 1. The van der Waals surface area contributed by atoms with Crippen LogP contribution >= 0.6 is 15.9 Å². The summed E-state index contributed by atoms with van der Waals surface area (Å²) >= 11 is 3.25. The molecule has 0 unspecified atom stereocenters. The molecule has 106 valence electrons. The normalized spacial score (nSPS) is 10.6. The zero-order valence-electron chi connectivity index (χ0n) is 11.1. The minimum Gasteiger partial charge on any atom is -0.438 e. The van der Waals surface area contributed by atoms with E-state index in [1.807, 2.05) is 6.07 Å². The van der Waals surface area contributed by atoms with Gasteiger partial charge in [0.2, 0.25) is 5.88 Å². The summed E-state index contributed by atoms with van der Waals surface area (Å²) in [5.74, 6) is 0.539. The van der Waals surface area contributed by atoms with Crippen molar-refractivity contribution < 1.29 is 14.2 Å². The SMILES string of the molecule is CCCc1cc(CO)cc(Oc2ccc(F)cc2Br)n1. The van der Waals surface area contributed by atoms with Crippen LogP contribution in [0.15, 0.2) is 34.8 Å². The Morgan fingerprint density at radius 3 is 2.75 bits per heavy atom. The van der Waals surface area contributed by atoms with Gasteiger partial charge in [0.05, 0.1) is 11.1 Å². The number of halogens is 2. The van der Waals surface area contributed by atoms with E-state index in [-0.39, 0.29) is 12.4 Å². The van der Waals surface area contributed by atoms with Crippen molar-refractivity contribution in [3.63, 3.8) is 0 Å². The first-order valence-electron chi connectivity index (χ1n) is 6.36. The zero-order chi connectivity index (χ0) is 14.5. The predicted molar refractivity (Wildman–Crippen MR) is 78.3 cm³/mol. The molecule has 0 aliphatic rings. The minimum atomic E-state index is -0.340. The van der Waals surface area contributed by atoms with Gasteiger partial charge in [0.1, 0.15) is 11.6 Å². The molecule has 0 saturated heterocycles. The molecule has 0 saturated carbocycles. The molecule has 2 rings (SSSR count). The van der Waals surface area contributed by atoms with Crippen molar-refractivity contribution in [2.24, 2.45) is 0 Å². The van der Waals surface area contributed by atoms with Crippen LogP contribution in [0.4, 0.5) is 4.39 Å². The molecule has 1 heterocycles. The molecule has 1 aromatic carbocycles. The lowest BCUT2D eigenvalue weighted by atomic mass is 10.2. The van der Waals surface area contributed by atoms with Crippen LogP contribution in [0.1, 0.15) is 24.6 Å². The molecule has 0 amide bonds. The average molecular weight is 340 g/mol. The first-order valence-corrected chi connectivity index (χ1v) is 7.15. The fourth-order valence-corrected chi connectivity index (χ4v) is 2.25. The third-order valence-electron chi connectivity index (χ3n) is 2.71. The van der Waals surface area contributed by atoms with Crippen LogP contribution < -0.4 is 4.74 Å². The Kier molecular flexibility index (Phi) is 5.09. The van der Waals surface area contributed by atoms with Gasteiger partial charge in [0.15, 0.2) is 0 Å². The molecule has 3 nitrogen and oxygen atoms in total. The van der Waals surface area contributed by atoms with Crippen LogP contribution in [0.2, 0.25) is 0 Å². The highest BCUT2D eigenvalue weighted by molar-refractivity contribution is 9.10. The summed E-state index contributed by atoms with van der Waals surface area (Å²) in [5.41, 5.74) is 1.61. The maximum atomic E-state index is 13.0. The smallest absolute Gasteiger partial charge is 0.219 e. The van der Waals surface area contributed by atoms with Crippen molar-refractivity contribution >= 4 is 15.9 Å². The number of aliphatic hydroxyl groups is 1. The van der Waals surface area contributed by atoms with Crippen LogP contribution in [-0.4, -0.2) is 10.1 Å². The van der Waals surface area contributed by atoms with Crippen molar-refractivity contribution in [1.29, 1.82) is 0 Å². The second-order valence-electron chi connectivity index (χ2n) is 4.39. The molecular weight excluding hydrogens is 325 g/mol. The van der Waals surface area contributed by atoms with Gasteiger partial charge in [-0.15, -0.1) is 0 Å². The number of ether oxygens (including phenoxy) is 1. The Morgan fingerprint density at radius 1 is 1.30 bits per heavy atom. The number of hydrogen-bond donors (Lipinski definition) is 1. The fourth-order valence-electron chi connectivity index (χ4n) is 1.82. The van der Waals surface area contributed by atoms with Crippen LogP contribution in [0.25, 0.3) is 0 Å². The monoisotopic (exact) mass is 339 g/mol. The van der Waals surface area contributed by atoms with Gasteiger partial charge in [-0.05, 0) is 52.2 Å². The number of hydrogen-bond acceptors (Lipinski definition) is 3. The molecule has 2 aromatic rings. The third kappa shape index (κ3) is 3.77. The van der Waals surface area contributed by atoms with Crippen molar-refractivity contribution in [3.8, 4) is 11.6 Å². The Labute approximate surface area is 125 Å². The molecule has 0 aliphatic carbocycles. The maximum absolute atomic E-state index is 13.0. The van der Waals surface area contributed by atoms with E-state index < -0.39 is 0 Å². The Hall–Kier alpha value is -1.46. The second-order valence-corrected chi connectivity index (χ2v) is 5.24. The molecule has 0 fully saturated rings. The summed E-state index contributed by atoms with van der Waals surface area (Å²) in [6, 6.07) is 7.72. The largest absolute Gasteiger partial charge is 0.438 e. The van der Waals surface area contributed by atoms with Gasteiger partial charge >= 0.3 is 0 Å². The molecular formula is C15H15BrFNO2. The highest BCUT2D eigenvalue weighted by Crippen LogP contribution is 2.30. The highest BCUT2D eigenvalue weighted by atomic mass is 79.9. The number of aromatic nitrogens is 1. The fraction of sp³-hybridized carbons (Fsp3) is 0.267. The Balaban J connectivity index is 2.29. The van der Waals surface area contributed by atoms with E-state index in [9.17, 15) is 9.50 Å². The van der Waals surface area contributed by atoms with E-state index in [2.05, 4.69) is 27.8 Å². The van der Waals surface area contributed by atoms with Gasteiger partial charge in [-0.1, -0.05) is 13.3 Å². The van der Waals surface area contributed by atoms with Crippen LogP contribution in [0.5, 0.6) is 11.6 Å². The summed E-state index contributed by atoms with van der Waals surface area (Å²) in [6.45, 7) is 1.99. The molecule has 5 heteroatoms. The number of aryl methyl sites for hydroxylation is 1. The van der Waals surface area contributed by atoms with Gasteiger partial charge in [-0.3, -0.25) is 0 Å². The maximum Gasteiger partial charge on any atom is 0.219 e. The van der Waals surface area contributed by atoms with E-state index >= 15 is 0 Å². The molecule has 1 aromatic heterocycles. The van der Waals surface area contributed by atoms with Crippen molar-refractivity contribution in [3.05, 3.63) is 51.9 Å². The standard InChI is InChI=1S/C15H15BrFNO2/c1-2-3-12-6-10(9-19)7-15(18-12)20-14-5-4-11(17)8-13(14)16/h4-8,19H,2-3,9H2,1H3. The van der Waals surface area contributed by atoms with Crippen molar-refractivity contribution in [2.75, 3.05) is 0 Å². The van der Waals surface area contributed by atoms with E-state index in [0.29, 0.717) is 16.1 Å². The van der Waals surface area contributed by atoms with E-state index in [0.717, 1.165) is 24.1 Å². The summed E-state index contributed by atoms with van der Waals surface area (Å²) in [5, 5.41) is 9.27. The molecule has 0 aliphatic heterocycles. The zero-order valence-corrected chi connectivity index (χ0v) is 12.7. The van der Waals surface area contributed by atoms with Gasteiger partial charge < -0.3 is 9.84 Å². The Bertz CT molecular complexity index is 604. The molecule has 0 spiro atoms. The van der Waals surface area contributed by atoms with Crippen LogP contribution in [-0.2, 0) is 13.0 Å². The molecule has 20 heavy (non-hydrogen) atoms. The molecule has 0 radical (unpaired) electrons. The summed E-state index contributed by atoms with van der Waals surface area (Å²) < 4.78 is 19.2. The lowest BCUT2D eigenvalue weighted by Gasteiger charge is -2.10. The highest BCUT2D eigenvalue weighted by Gasteiger charge is 2.08. The molecule has 1 N–H and O–H groups in total. The van der Waals surface area contributed by atoms with Gasteiger partial charge in [-0.25, -0.2) is 9.37 Å². The average Bonchev–Trinajstić information content (AvgIpc) is 2.42. The number of rotatable bonds is 5. The van der Waals surface area contributed by atoms with Crippen LogP contribution in [0.3, 0.4) is 0 Å². The summed E-state index contributed by atoms with van der Waals surface area (Å²) in [6.07, 6.45) is 1.77. The first kappa shape index (κ1) is 14.9. The predicted octanol–water partition coefficient (Wildman–Crippen LogP) is 4.22. The lowest BCUT2D eigenvalue weighted by Crippen LogP contribution is -1.97. The van der Waals surface area contributed by atoms with E-state index in [1.54, 1.807) is 6.07 Å². The Morgan fingerprint density at radius 2 is 2.10 bits per heavy atom. The third-order valence-corrected chi connectivity index (χ3v) is 3.33. The van der Waals surface area contributed by atoms with E-state index in [1.165, 1.54) is 18.2 Å². The number of benzene rings is 1. The minimum absolute atomic E-state index is 0.0693. The first-order chi connectivity index (χ1) is 9.62. The number of aliphatic hydroxyl groups excluding tert-OH is 1. The van der Waals surface area contributed by atoms with E-state index in [4.69, 9.17) is 4.74 Å². The number of nitrogens with zero attached hydrogens (tertiary/aromatic N) is 1. The summed E-state index contributed by atoms with van der Waals surface area (Å²) in [7, 11) is 0. The summed E-state index contributed by atoms with van der Waals surface area (Å²) in [4.78, 5) is 4.38. The second kappa shape index (κ2) is 6.81.